The van der Waals surface area contributed by atoms with E-state index in [-0.39, 0.29) is 6.10 Å². The first-order valence-corrected chi connectivity index (χ1v) is 10.5. The second-order valence-electron chi connectivity index (χ2n) is 7.32. The Labute approximate surface area is 160 Å². The van der Waals surface area contributed by atoms with Gasteiger partial charge in [-0.2, -0.15) is 0 Å². The van der Waals surface area contributed by atoms with E-state index >= 15 is 0 Å². The van der Waals surface area contributed by atoms with E-state index in [2.05, 4.69) is 34.2 Å². The third-order valence-corrected chi connectivity index (χ3v) is 6.72. The molecule has 6 heteroatoms. The highest BCUT2D eigenvalue weighted by Gasteiger charge is 2.29. The molecule has 26 heavy (non-hydrogen) atoms. The highest BCUT2D eigenvalue weighted by molar-refractivity contribution is 7.09. The van der Waals surface area contributed by atoms with Crippen LogP contribution in [0.25, 0.3) is 0 Å². The normalized spacial score (nSPS) is 22.9. The van der Waals surface area contributed by atoms with Crippen molar-refractivity contribution in [1.29, 1.82) is 0 Å². The van der Waals surface area contributed by atoms with Crippen molar-refractivity contribution in [2.75, 3.05) is 33.3 Å². The number of ether oxygens (including phenoxy) is 1. The lowest BCUT2D eigenvalue weighted by atomic mass is 9.90. The lowest BCUT2D eigenvalue weighted by molar-refractivity contribution is 0.0815. The van der Waals surface area contributed by atoms with Gasteiger partial charge in [0, 0.05) is 51.4 Å². The summed E-state index contributed by atoms with van der Waals surface area (Å²) >= 11 is 1.70. The van der Waals surface area contributed by atoms with Gasteiger partial charge in [-0.1, -0.05) is 6.07 Å². The largest absolute Gasteiger partial charge is 0.375 e. The van der Waals surface area contributed by atoms with E-state index in [1.165, 1.54) is 36.2 Å². The zero-order valence-corrected chi connectivity index (χ0v) is 16.5. The quantitative estimate of drug-likeness (QED) is 0.804. The fraction of sp³-hybridized carbons (Fsp3) is 0.600. The van der Waals surface area contributed by atoms with Gasteiger partial charge >= 0.3 is 0 Å². The van der Waals surface area contributed by atoms with Gasteiger partial charge in [0.25, 0.3) is 0 Å². The number of thiazole rings is 1. The number of aryl methyl sites for hydroxylation is 1. The molecule has 2 aromatic rings. The number of pyridine rings is 1. The van der Waals surface area contributed by atoms with E-state index in [9.17, 15) is 0 Å². The summed E-state index contributed by atoms with van der Waals surface area (Å²) in [5, 5.41) is 3.25. The van der Waals surface area contributed by atoms with Crippen molar-refractivity contribution in [2.24, 2.45) is 0 Å². The van der Waals surface area contributed by atoms with Crippen LogP contribution in [0.3, 0.4) is 0 Å². The van der Waals surface area contributed by atoms with Crippen LogP contribution in [0.5, 0.6) is 0 Å². The Morgan fingerprint density at radius 3 is 2.96 bits per heavy atom. The van der Waals surface area contributed by atoms with Gasteiger partial charge < -0.3 is 4.74 Å². The highest BCUT2D eigenvalue weighted by Crippen LogP contribution is 2.33. The third-order valence-electron chi connectivity index (χ3n) is 5.67. The molecule has 0 radical (unpaired) electrons. The lowest BCUT2D eigenvalue weighted by Crippen LogP contribution is -2.47. The molecule has 2 atom stereocenters. The van der Waals surface area contributed by atoms with Crippen molar-refractivity contribution in [2.45, 2.75) is 44.9 Å². The number of rotatable bonds is 5. The molecule has 1 saturated heterocycles. The van der Waals surface area contributed by atoms with Crippen molar-refractivity contribution < 1.29 is 4.74 Å². The molecular weight excluding hydrogens is 344 g/mol. The van der Waals surface area contributed by atoms with Crippen LogP contribution in [-0.2, 0) is 17.7 Å². The number of nitrogens with zero attached hydrogens (tertiary/aromatic N) is 4. The predicted octanol–water partition coefficient (Wildman–Crippen LogP) is 3.44. The van der Waals surface area contributed by atoms with Crippen molar-refractivity contribution in [3.8, 4) is 0 Å². The first-order chi connectivity index (χ1) is 12.7. The Hall–Kier alpha value is -1.34. The summed E-state index contributed by atoms with van der Waals surface area (Å²) in [5.74, 6) is 0. The molecule has 0 amide bonds. The van der Waals surface area contributed by atoms with Gasteiger partial charge in [0.05, 0.1) is 17.4 Å². The molecule has 1 aliphatic carbocycles. The summed E-state index contributed by atoms with van der Waals surface area (Å²) in [6.07, 6.45) is 5.75. The molecule has 140 valence electrons. The van der Waals surface area contributed by atoms with Crippen molar-refractivity contribution in [3.05, 3.63) is 45.7 Å². The van der Waals surface area contributed by atoms with Crippen LogP contribution in [0, 0.1) is 0 Å². The summed E-state index contributed by atoms with van der Waals surface area (Å²) in [4.78, 5) is 14.6. The maximum Gasteiger partial charge on any atom is 0.122 e. The number of piperazine rings is 1. The zero-order chi connectivity index (χ0) is 17.9. The molecule has 2 aliphatic rings. The Bertz CT molecular complexity index is 726. The van der Waals surface area contributed by atoms with Gasteiger partial charge in [-0.15, -0.1) is 11.3 Å². The Kier molecular flexibility index (Phi) is 5.64. The number of hydrogen-bond acceptors (Lipinski definition) is 6. The van der Waals surface area contributed by atoms with Crippen molar-refractivity contribution in [1.82, 2.24) is 19.8 Å². The van der Waals surface area contributed by atoms with Gasteiger partial charge in [0.1, 0.15) is 11.1 Å². The van der Waals surface area contributed by atoms with Crippen LogP contribution in [0.2, 0.25) is 0 Å². The summed E-state index contributed by atoms with van der Waals surface area (Å²) < 4.78 is 5.37. The van der Waals surface area contributed by atoms with Gasteiger partial charge in [-0.05, 0) is 37.8 Å². The fourth-order valence-corrected chi connectivity index (χ4v) is 4.93. The summed E-state index contributed by atoms with van der Waals surface area (Å²) in [6.45, 7) is 7.44. The molecule has 0 bridgehead atoms. The number of hydrogen-bond donors (Lipinski definition) is 0. The van der Waals surface area contributed by atoms with Crippen LogP contribution in [0.1, 0.15) is 53.9 Å². The Balaban J connectivity index is 1.34. The second-order valence-corrected chi connectivity index (χ2v) is 8.21. The Morgan fingerprint density at radius 2 is 2.15 bits per heavy atom. The Morgan fingerprint density at radius 1 is 1.31 bits per heavy atom. The number of methoxy groups -OCH3 is 1. The maximum absolute atomic E-state index is 5.37. The lowest BCUT2D eigenvalue weighted by Gasteiger charge is -2.40. The molecule has 3 heterocycles. The molecule has 0 aromatic carbocycles. The van der Waals surface area contributed by atoms with Crippen LogP contribution < -0.4 is 0 Å². The molecule has 0 saturated carbocycles. The third kappa shape index (κ3) is 3.83. The van der Waals surface area contributed by atoms with Gasteiger partial charge in [0.15, 0.2) is 0 Å². The minimum atomic E-state index is 0.0875. The average molecular weight is 373 g/mol. The maximum atomic E-state index is 5.37. The minimum absolute atomic E-state index is 0.0875. The van der Waals surface area contributed by atoms with Crippen LogP contribution in [-0.4, -0.2) is 53.1 Å². The molecular formula is C20H28N4OS. The summed E-state index contributed by atoms with van der Waals surface area (Å²) in [7, 11) is 1.74. The average Bonchev–Trinajstić information content (AvgIpc) is 3.16. The minimum Gasteiger partial charge on any atom is -0.375 e. The molecule has 1 aliphatic heterocycles. The zero-order valence-electron chi connectivity index (χ0n) is 15.7. The monoisotopic (exact) mass is 372 g/mol. The van der Waals surface area contributed by atoms with E-state index in [0.717, 1.165) is 37.7 Å². The highest BCUT2D eigenvalue weighted by atomic mass is 32.1. The number of fused-ring (bicyclic) bond motifs is 1. The molecule has 5 nitrogen and oxygen atoms in total. The molecule has 4 rings (SSSR count). The van der Waals surface area contributed by atoms with E-state index in [4.69, 9.17) is 14.7 Å². The number of aromatic nitrogens is 2. The summed E-state index contributed by atoms with van der Waals surface area (Å²) in [5.41, 5.74) is 3.95. The molecule has 0 N–H and O–H groups in total. The summed E-state index contributed by atoms with van der Waals surface area (Å²) in [6, 6.07) is 4.84. The first kappa shape index (κ1) is 18.0. The van der Waals surface area contributed by atoms with Crippen LogP contribution in [0.15, 0.2) is 23.7 Å². The van der Waals surface area contributed by atoms with Crippen LogP contribution >= 0.6 is 11.3 Å². The standard InChI is InChI=1S/C20H28N4OS/c1-15(25-2)20-22-17(14-26-20)13-23-9-11-24(12-10-23)18-7-3-5-16-6-4-8-21-19(16)18/h4,6,8,14-15,18H,3,5,7,9-13H2,1-2H3. The smallest absolute Gasteiger partial charge is 0.122 e. The predicted molar refractivity (Wildman–Crippen MR) is 104 cm³/mol. The molecule has 0 spiro atoms. The molecule has 1 fully saturated rings. The first-order valence-electron chi connectivity index (χ1n) is 9.62. The van der Waals surface area contributed by atoms with Crippen molar-refractivity contribution >= 4 is 11.3 Å². The van der Waals surface area contributed by atoms with E-state index < -0.39 is 0 Å². The second kappa shape index (κ2) is 8.13. The van der Waals surface area contributed by atoms with Gasteiger partial charge in [-0.25, -0.2) is 4.98 Å². The van der Waals surface area contributed by atoms with Gasteiger partial charge in [0.2, 0.25) is 0 Å². The van der Waals surface area contributed by atoms with E-state index in [1.807, 2.05) is 6.20 Å². The van der Waals surface area contributed by atoms with Crippen LogP contribution in [0.4, 0.5) is 0 Å². The van der Waals surface area contributed by atoms with Gasteiger partial charge in [-0.3, -0.25) is 14.8 Å². The topological polar surface area (TPSA) is 41.5 Å². The fourth-order valence-electron chi connectivity index (χ4n) is 4.09. The SMILES string of the molecule is COC(C)c1nc(CN2CCN(C3CCCc4cccnc43)CC2)cs1. The van der Waals surface area contributed by atoms with E-state index in [0.29, 0.717) is 6.04 Å². The molecule has 2 aromatic heterocycles. The van der Waals surface area contributed by atoms with E-state index in [1.54, 1.807) is 18.4 Å². The van der Waals surface area contributed by atoms with Crippen molar-refractivity contribution in [3.63, 3.8) is 0 Å². The molecule has 2 unspecified atom stereocenters.